The first-order chi connectivity index (χ1) is 12.6. The van der Waals surface area contributed by atoms with Crippen LogP contribution in [0.4, 0.5) is 0 Å². The number of likely N-dealkylation sites (N-methyl/N-ethyl adjacent to an activating group) is 2. The molecule has 1 amide bonds. The Bertz CT molecular complexity index is 715. The number of hydrogen-bond donors (Lipinski definition) is 0. The van der Waals surface area contributed by atoms with Gasteiger partial charge in [-0.25, -0.2) is 0 Å². The van der Waals surface area contributed by atoms with Crippen LogP contribution in [-0.4, -0.2) is 48.9 Å². The summed E-state index contributed by atoms with van der Waals surface area (Å²) in [4.78, 5) is 17.1. The van der Waals surface area contributed by atoms with Crippen LogP contribution in [0.15, 0.2) is 54.6 Å². The molecule has 4 heteroatoms. The van der Waals surface area contributed by atoms with Gasteiger partial charge in [0.2, 0.25) is 5.91 Å². The molecule has 0 N–H and O–H groups in total. The van der Waals surface area contributed by atoms with Crippen molar-refractivity contribution >= 4 is 18.3 Å². The van der Waals surface area contributed by atoms with Crippen molar-refractivity contribution in [2.75, 3.05) is 21.1 Å². The maximum absolute atomic E-state index is 12.8. The van der Waals surface area contributed by atoms with Crippen LogP contribution < -0.4 is 0 Å². The van der Waals surface area contributed by atoms with E-state index < -0.39 is 0 Å². The Morgan fingerprint density at radius 1 is 0.852 bits per heavy atom. The van der Waals surface area contributed by atoms with Crippen molar-refractivity contribution in [1.29, 1.82) is 0 Å². The maximum atomic E-state index is 12.8. The second-order valence-corrected chi connectivity index (χ2v) is 7.63. The molecule has 1 saturated carbocycles. The third-order valence-electron chi connectivity index (χ3n) is 5.66. The minimum atomic E-state index is 0. The van der Waals surface area contributed by atoms with Crippen LogP contribution in [0.1, 0.15) is 31.2 Å². The van der Waals surface area contributed by atoms with E-state index in [1.807, 2.05) is 30.1 Å². The Hall–Kier alpha value is -1.84. The standard InChI is InChI=1S/C23H30N2O.ClH/c1-24(2)21-11-7-8-12-22(21)25(3)23(26)17-18-13-15-20(16-14-18)19-9-5-4-6-10-19;/h4-6,9-10,13-16,21-22H,7-8,11-12,17H2,1-3H3;1H/t21-,22-;/m1./s1. The van der Waals surface area contributed by atoms with Gasteiger partial charge in [0.25, 0.3) is 0 Å². The molecule has 0 bridgehead atoms. The van der Waals surface area contributed by atoms with Gasteiger partial charge in [-0.15, -0.1) is 12.4 Å². The summed E-state index contributed by atoms with van der Waals surface area (Å²) in [7, 11) is 6.24. The predicted octanol–water partition coefficient (Wildman–Crippen LogP) is 4.65. The zero-order valence-corrected chi connectivity index (χ0v) is 17.4. The molecule has 0 heterocycles. The van der Waals surface area contributed by atoms with Crippen LogP contribution in [0.5, 0.6) is 0 Å². The lowest BCUT2D eigenvalue weighted by Crippen LogP contribution is -2.52. The lowest BCUT2D eigenvalue weighted by Gasteiger charge is -2.41. The third-order valence-corrected chi connectivity index (χ3v) is 5.66. The normalized spacial score (nSPS) is 19.4. The molecule has 146 valence electrons. The van der Waals surface area contributed by atoms with E-state index in [4.69, 9.17) is 0 Å². The summed E-state index contributed by atoms with van der Waals surface area (Å²) in [6, 6.07) is 19.5. The third kappa shape index (κ3) is 5.33. The molecule has 0 radical (unpaired) electrons. The summed E-state index contributed by atoms with van der Waals surface area (Å²) in [5.74, 6) is 0.219. The van der Waals surface area contributed by atoms with Crippen LogP contribution in [0.2, 0.25) is 0 Å². The predicted molar refractivity (Wildman–Crippen MR) is 115 cm³/mol. The van der Waals surface area contributed by atoms with Crippen molar-refractivity contribution in [3.8, 4) is 11.1 Å². The van der Waals surface area contributed by atoms with Crippen molar-refractivity contribution < 1.29 is 4.79 Å². The first-order valence-electron chi connectivity index (χ1n) is 9.62. The van der Waals surface area contributed by atoms with E-state index in [-0.39, 0.29) is 18.3 Å². The monoisotopic (exact) mass is 386 g/mol. The molecule has 2 atom stereocenters. The molecular formula is C23H31ClN2O. The maximum Gasteiger partial charge on any atom is 0.227 e. The summed E-state index contributed by atoms with van der Waals surface area (Å²) in [6.07, 6.45) is 5.25. The first-order valence-corrected chi connectivity index (χ1v) is 9.62. The molecule has 0 saturated heterocycles. The highest BCUT2D eigenvalue weighted by Crippen LogP contribution is 2.26. The number of carbonyl (C=O) groups is 1. The highest BCUT2D eigenvalue weighted by molar-refractivity contribution is 5.85. The van der Waals surface area contributed by atoms with Crippen molar-refractivity contribution in [1.82, 2.24) is 9.80 Å². The Labute approximate surface area is 169 Å². The molecule has 3 nitrogen and oxygen atoms in total. The number of nitrogens with zero attached hydrogens (tertiary/aromatic N) is 2. The summed E-state index contributed by atoms with van der Waals surface area (Å²) < 4.78 is 0. The molecule has 27 heavy (non-hydrogen) atoms. The number of benzene rings is 2. The molecule has 0 spiro atoms. The Morgan fingerprint density at radius 3 is 2.00 bits per heavy atom. The highest BCUT2D eigenvalue weighted by Gasteiger charge is 2.31. The van der Waals surface area contributed by atoms with Crippen molar-refractivity contribution in [3.05, 3.63) is 60.2 Å². The van der Waals surface area contributed by atoms with Gasteiger partial charge in [0.05, 0.1) is 6.42 Å². The number of hydrogen-bond acceptors (Lipinski definition) is 2. The number of rotatable bonds is 5. The smallest absolute Gasteiger partial charge is 0.227 e. The quantitative estimate of drug-likeness (QED) is 0.746. The van der Waals surface area contributed by atoms with Gasteiger partial charge in [-0.3, -0.25) is 4.79 Å². The first kappa shape index (κ1) is 21.5. The van der Waals surface area contributed by atoms with E-state index in [9.17, 15) is 4.79 Å². The van der Waals surface area contributed by atoms with Gasteiger partial charge in [-0.1, -0.05) is 67.4 Å². The second kappa shape index (κ2) is 9.91. The average Bonchev–Trinajstić information content (AvgIpc) is 2.68. The van der Waals surface area contributed by atoms with Gasteiger partial charge in [0, 0.05) is 19.1 Å². The molecule has 1 aliphatic carbocycles. The van der Waals surface area contributed by atoms with E-state index in [0.717, 1.165) is 12.0 Å². The van der Waals surface area contributed by atoms with Crippen molar-refractivity contribution in [3.63, 3.8) is 0 Å². The van der Waals surface area contributed by atoms with Gasteiger partial charge in [-0.2, -0.15) is 0 Å². The fraction of sp³-hybridized carbons (Fsp3) is 0.435. The van der Waals surface area contributed by atoms with E-state index in [0.29, 0.717) is 18.5 Å². The molecular weight excluding hydrogens is 356 g/mol. The fourth-order valence-electron chi connectivity index (χ4n) is 4.08. The van der Waals surface area contributed by atoms with Crippen LogP contribution in [-0.2, 0) is 11.2 Å². The van der Waals surface area contributed by atoms with Gasteiger partial charge in [-0.05, 0) is 43.6 Å². The van der Waals surface area contributed by atoms with Crippen LogP contribution in [0, 0.1) is 0 Å². The van der Waals surface area contributed by atoms with Crippen LogP contribution >= 0.6 is 12.4 Å². The molecule has 2 aromatic carbocycles. The summed E-state index contributed by atoms with van der Waals surface area (Å²) in [6.45, 7) is 0. The Balaban J connectivity index is 0.00000261. The van der Waals surface area contributed by atoms with E-state index in [2.05, 4.69) is 55.4 Å². The zero-order chi connectivity index (χ0) is 18.5. The average molecular weight is 387 g/mol. The number of carbonyl (C=O) groups excluding carboxylic acids is 1. The zero-order valence-electron chi connectivity index (χ0n) is 16.6. The lowest BCUT2D eigenvalue weighted by atomic mass is 9.88. The van der Waals surface area contributed by atoms with E-state index in [1.165, 1.54) is 30.4 Å². The largest absolute Gasteiger partial charge is 0.341 e. The van der Waals surface area contributed by atoms with Gasteiger partial charge >= 0.3 is 0 Å². The molecule has 1 aliphatic rings. The van der Waals surface area contributed by atoms with Gasteiger partial charge < -0.3 is 9.80 Å². The van der Waals surface area contributed by atoms with Crippen molar-refractivity contribution in [2.45, 2.75) is 44.2 Å². The Morgan fingerprint density at radius 2 is 1.41 bits per heavy atom. The topological polar surface area (TPSA) is 23.6 Å². The molecule has 0 unspecified atom stereocenters. The number of amides is 1. The second-order valence-electron chi connectivity index (χ2n) is 7.63. The molecule has 0 aromatic heterocycles. The van der Waals surface area contributed by atoms with Crippen LogP contribution in [0.3, 0.4) is 0 Å². The molecule has 0 aliphatic heterocycles. The SMILES string of the molecule is CN(C)[C@@H]1CCCC[C@H]1N(C)C(=O)Cc1ccc(-c2ccccc2)cc1.Cl. The van der Waals surface area contributed by atoms with Crippen LogP contribution in [0.25, 0.3) is 11.1 Å². The Kier molecular flexibility index (Phi) is 7.88. The lowest BCUT2D eigenvalue weighted by molar-refractivity contribution is -0.133. The van der Waals surface area contributed by atoms with Gasteiger partial charge in [0.15, 0.2) is 0 Å². The molecule has 2 aromatic rings. The minimum absolute atomic E-state index is 0. The molecule has 1 fully saturated rings. The molecule has 3 rings (SSSR count). The highest BCUT2D eigenvalue weighted by atomic mass is 35.5. The summed E-state index contributed by atoms with van der Waals surface area (Å²) in [5, 5.41) is 0. The van der Waals surface area contributed by atoms with E-state index >= 15 is 0 Å². The minimum Gasteiger partial charge on any atom is -0.341 e. The summed E-state index contributed by atoms with van der Waals surface area (Å²) in [5.41, 5.74) is 3.48. The summed E-state index contributed by atoms with van der Waals surface area (Å²) >= 11 is 0. The number of halogens is 1. The van der Waals surface area contributed by atoms with Gasteiger partial charge in [0.1, 0.15) is 0 Å². The van der Waals surface area contributed by atoms with Crippen molar-refractivity contribution in [2.24, 2.45) is 0 Å². The fourth-order valence-corrected chi connectivity index (χ4v) is 4.08. The van der Waals surface area contributed by atoms with E-state index in [1.54, 1.807) is 0 Å².